The molecule has 0 radical (unpaired) electrons. The highest BCUT2D eigenvalue weighted by molar-refractivity contribution is 6.36. The summed E-state index contributed by atoms with van der Waals surface area (Å²) >= 11 is 13.0. The lowest BCUT2D eigenvalue weighted by Crippen LogP contribution is -2.46. The zero-order valence-electron chi connectivity index (χ0n) is 26.7. The van der Waals surface area contributed by atoms with Gasteiger partial charge in [0.05, 0.1) is 41.4 Å². The van der Waals surface area contributed by atoms with E-state index in [9.17, 15) is 6.63 Å². The lowest BCUT2D eigenvalue weighted by molar-refractivity contribution is 0.0866. The van der Waals surface area contributed by atoms with Crippen LogP contribution in [0.15, 0.2) is 48.8 Å². The molecular weight excluding hydrogens is 579 g/mol. The van der Waals surface area contributed by atoms with E-state index in [1.54, 1.807) is 24.4 Å². The average Bonchev–Trinajstić information content (AvgIpc) is 3.46. The largest absolute Gasteiger partial charge is 0.383 e. The summed E-state index contributed by atoms with van der Waals surface area (Å²) in [6.07, 6.45) is 5.33. The predicted molar refractivity (Wildman–Crippen MR) is 176 cm³/mol. The van der Waals surface area contributed by atoms with Gasteiger partial charge in [0.15, 0.2) is 0 Å². The van der Waals surface area contributed by atoms with Crippen LogP contribution in [0.5, 0.6) is 0 Å². The Morgan fingerprint density at radius 2 is 1.79 bits per heavy atom. The molecule has 0 spiro atoms. The number of hydrogen-bond acceptors (Lipinski definition) is 7. The molecule has 0 bridgehead atoms. The normalized spacial score (nSPS) is 16.9. The van der Waals surface area contributed by atoms with Crippen molar-refractivity contribution in [3.8, 4) is 6.07 Å². The van der Waals surface area contributed by atoms with E-state index in [1.807, 2.05) is 29.1 Å². The van der Waals surface area contributed by atoms with Crippen LogP contribution in [0.1, 0.15) is 84.6 Å². The molecule has 2 aromatic heterocycles. The third-order valence-electron chi connectivity index (χ3n) is 7.80. The quantitative estimate of drug-likeness (QED) is 0.216. The van der Waals surface area contributed by atoms with Crippen LogP contribution in [-0.2, 0) is 0 Å². The Balaban J connectivity index is 1.54. The molecule has 8 nitrogen and oxygen atoms in total. The molecule has 226 valence electrons. The zero-order valence-corrected chi connectivity index (χ0v) is 27.2. The maximum atomic E-state index is 9.88. The van der Waals surface area contributed by atoms with Gasteiger partial charge in [-0.15, -0.1) is 5.10 Å². The molecule has 0 amide bonds. The van der Waals surface area contributed by atoms with Gasteiger partial charge in [0.1, 0.15) is 11.8 Å². The number of pyridine rings is 1. The van der Waals surface area contributed by atoms with Gasteiger partial charge in [0.2, 0.25) is 0 Å². The van der Waals surface area contributed by atoms with Gasteiger partial charge >= 0.3 is 0 Å². The van der Waals surface area contributed by atoms with Gasteiger partial charge in [0, 0.05) is 47.5 Å². The number of benzene rings is 2. The maximum Gasteiger partial charge on any atom is 0.109 e. The number of rotatable bonds is 7. The van der Waals surface area contributed by atoms with E-state index in [-0.39, 0.29) is 17.0 Å². The fourth-order valence-electron chi connectivity index (χ4n) is 5.38. The number of hydrogen-bond donors (Lipinski definition) is 2. The minimum absolute atomic E-state index is 0.0257. The molecule has 4 aromatic rings. The van der Waals surface area contributed by atoms with Crippen molar-refractivity contribution < 1.29 is 1.37 Å². The van der Waals surface area contributed by atoms with E-state index in [0.29, 0.717) is 55.7 Å². The Morgan fingerprint density at radius 1 is 1.09 bits per heavy atom. The SMILES string of the molecule is [2H][C@@](Nc1cc(Cl)c2ncc(C#N)c(NCC(C)(C)C)c2c1)(c1ccc(Cl)cc1)c1cn(C2CCN(C(C)(C)C)CC2)nn1. The van der Waals surface area contributed by atoms with Crippen molar-refractivity contribution in [2.45, 2.75) is 72.0 Å². The molecule has 1 saturated heterocycles. The van der Waals surface area contributed by atoms with Gasteiger partial charge in [-0.2, -0.15) is 5.26 Å². The highest BCUT2D eigenvalue weighted by Gasteiger charge is 2.29. The number of fused-ring (bicyclic) bond motifs is 1. The number of nitriles is 1. The Hall–Kier alpha value is -3.38. The Labute approximate surface area is 265 Å². The minimum Gasteiger partial charge on any atom is -0.383 e. The number of likely N-dealkylation sites (tertiary alicyclic amines) is 1. The smallest absolute Gasteiger partial charge is 0.109 e. The molecule has 1 aliphatic rings. The third-order valence-corrected chi connectivity index (χ3v) is 8.34. The van der Waals surface area contributed by atoms with E-state index in [1.165, 1.54) is 0 Å². The molecule has 1 aliphatic heterocycles. The minimum atomic E-state index is -1.52. The molecule has 43 heavy (non-hydrogen) atoms. The van der Waals surface area contributed by atoms with Crippen LogP contribution in [0.25, 0.3) is 10.9 Å². The van der Waals surface area contributed by atoms with E-state index >= 15 is 0 Å². The molecular formula is C33H40Cl2N8. The van der Waals surface area contributed by atoms with Crippen LogP contribution in [0.2, 0.25) is 10.0 Å². The third kappa shape index (κ3) is 7.23. The highest BCUT2D eigenvalue weighted by Crippen LogP contribution is 2.36. The van der Waals surface area contributed by atoms with Crippen molar-refractivity contribution in [1.29, 1.82) is 5.26 Å². The van der Waals surface area contributed by atoms with Gasteiger partial charge < -0.3 is 10.6 Å². The Kier molecular flexibility index (Phi) is 8.50. The number of nitrogens with one attached hydrogen (secondary N) is 2. The lowest BCUT2D eigenvalue weighted by Gasteiger charge is -2.40. The van der Waals surface area contributed by atoms with E-state index in [0.717, 1.165) is 25.9 Å². The van der Waals surface area contributed by atoms with Crippen molar-refractivity contribution in [2.24, 2.45) is 5.41 Å². The summed E-state index contributed by atoms with van der Waals surface area (Å²) in [5.74, 6) is 0. The molecule has 3 heterocycles. The Morgan fingerprint density at radius 3 is 2.42 bits per heavy atom. The van der Waals surface area contributed by atoms with Gasteiger partial charge in [-0.05, 0) is 68.9 Å². The van der Waals surface area contributed by atoms with E-state index in [2.05, 4.69) is 78.4 Å². The summed E-state index contributed by atoms with van der Waals surface area (Å²) in [7, 11) is 0. The van der Waals surface area contributed by atoms with E-state index < -0.39 is 6.02 Å². The first-order valence-electron chi connectivity index (χ1n) is 15.2. The van der Waals surface area contributed by atoms with Crippen LogP contribution in [0.4, 0.5) is 11.4 Å². The number of anilines is 2. The number of aromatic nitrogens is 4. The molecule has 0 aliphatic carbocycles. The fourth-order valence-corrected chi connectivity index (χ4v) is 5.77. The second kappa shape index (κ2) is 12.3. The van der Waals surface area contributed by atoms with Crippen LogP contribution in [-0.4, -0.2) is 50.1 Å². The second-order valence-corrected chi connectivity index (χ2v) is 14.3. The van der Waals surface area contributed by atoms with Gasteiger partial charge in [-0.25, -0.2) is 4.68 Å². The maximum absolute atomic E-state index is 9.88. The van der Waals surface area contributed by atoms with Crippen molar-refractivity contribution in [3.05, 3.63) is 75.7 Å². The summed E-state index contributed by atoms with van der Waals surface area (Å²) in [4.78, 5) is 6.97. The molecule has 5 rings (SSSR count). The van der Waals surface area contributed by atoms with Gasteiger partial charge in [-0.3, -0.25) is 9.88 Å². The van der Waals surface area contributed by atoms with Crippen molar-refractivity contribution in [2.75, 3.05) is 30.3 Å². The van der Waals surface area contributed by atoms with Crippen molar-refractivity contribution in [3.63, 3.8) is 0 Å². The fraction of sp³-hybridized carbons (Fsp3) is 0.455. The summed E-state index contributed by atoms with van der Waals surface area (Å²) in [5.41, 5.74) is 3.42. The summed E-state index contributed by atoms with van der Waals surface area (Å²) in [5, 5.41) is 27.4. The van der Waals surface area contributed by atoms with Crippen LogP contribution >= 0.6 is 23.2 Å². The zero-order chi connectivity index (χ0) is 31.9. The standard InChI is InChI=1S/C33H40Cl2N8/c1-32(2,3)20-38-29-22(17-36)18-37-31-26(29)15-24(16-27(31)35)39-30(21-7-9-23(34)10-8-21)28-19-43(41-40-28)25-11-13-42(14-12-25)33(4,5)6/h7-10,15-16,18-19,25,30,39H,11-14,20H2,1-6H3,(H,37,38)/t30-/m1/s1/i30D. The van der Waals surface area contributed by atoms with Crippen LogP contribution in [0.3, 0.4) is 0 Å². The summed E-state index contributed by atoms with van der Waals surface area (Å²) in [6, 6.07) is 11.7. The van der Waals surface area contributed by atoms with Gasteiger partial charge in [-0.1, -0.05) is 61.3 Å². The Bertz CT molecular complexity index is 1680. The topological polar surface area (TPSA) is 94.7 Å². The van der Waals surface area contributed by atoms with E-state index in [4.69, 9.17) is 23.2 Å². The lowest BCUT2D eigenvalue weighted by atomic mass is 9.96. The molecule has 2 N–H and O–H groups in total. The summed E-state index contributed by atoms with van der Waals surface area (Å²) < 4.78 is 11.7. The average molecular weight is 621 g/mol. The molecule has 0 unspecified atom stereocenters. The molecule has 1 atom stereocenters. The predicted octanol–water partition coefficient (Wildman–Crippen LogP) is 8.10. The number of halogens is 2. The molecule has 1 fully saturated rings. The number of piperidine rings is 1. The molecule has 2 aromatic carbocycles. The molecule has 0 saturated carbocycles. The first kappa shape index (κ1) is 29.7. The second-order valence-electron chi connectivity index (χ2n) is 13.4. The monoisotopic (exact) mass is 619 g/mol. The number of nitrogens with zero attached hydrogens (tertiary/aromatic N) is 6. The van der Waals surface area contributed by atoms with Crippen LogP contribution in [0, 0.1) is 16.7 Å². The first-order chi connectivity index (χ1) is 20.7. The van der Waals surface area contributed by atoms with Crippen LogP contribution < -0.4 is 10.6 Å². The van der Waals surface area contributed by atoms with Gasteiger partial charge in [0.25, 0.3) is 0 Å². The first-order valence-corrected chi connectivity index (χ1v) is 15.4. The molecule has 10 heteroatoms. The van der Waals surface area contributed by atoms with Crippen molar-refractivity contribution in [1.82, 2.24) is 24.9 Å². The highest BCUT2D eigenvalue weighted by atomic mass is 35.5. The summed E-state index contributed by atoms with van der Waals surface area (Å²) in [6.45, 7) is 15.7. The van der Waals surface area contributed by atoms with Crippen molar-refractivity contribution >= 4 is 45.5 Å².